The monoisotopic (exact) mass is 365 g/mol. The van der Waals surface area contributed by atoms with Gasteiger partial charge in [0, 0.05) is 29.5 Å². The number of amides is 1. The maximum absolute atomic E-state index is 12.7. The van der Waals surface area contributed by atoms with Gasteiger partial charge in [-0.25, -0.2) is 9.97 Å². The van der Waals surface area contributed by atoms with Crippen LogP contribution in [0.15, 0.2) is 60.8 Å². The second kappa shape index (κ2) is 7.67. The first-order chi connectivity index (χ1) is 12.5. The van der Waals surface area contributed by atoms with Gasteiger partial charge in [-0.05, 0) is 41.8 Å². The lowest BCUT2D eigenvalue weighted by Gasteiger charge is -2.16. The first kappa shape index (κ1) is 18.1. The van der Waals surface area contributed by atoms with Crippen LogP contribution in [0.5, 0.6) is 0 Å². The molecule has 0 atom stereocenters. The number of aromatic nitrogens is 2. The third-order valence-corrected chi connectivity index (χ3v) is 4.49. The predicted octanol–water partition coefficient (Wildman–Crippen LogP) is 5.20. The van der Waals surface area contributed by atoms with Crippen LogP contribution in [0.1, 0.15) is 35.9 Å². The van der Waals surface area contributed by atoms with Crippen molar-refractivity contribution in [1.29, 1.82) is 0 Å². The topological polar surface area (TPSA) is 46.1 Å². The second-order valence-electron chi connectivity index (χ2n) is 6.38. The quantitative estimate of drug-likeness (QED) is 0.638. The molecule has 0 saturated carbocycles. The van der Waals surface area contributed by atoms with Crippen LogP contribution >= 0.6 is 11.6 Å². The highest BCUT2D eigenvalue weighted by molar-refractivity contribution is 6.30. The van der Waals surface area contributed by atoms with E-state index >= 15 is 0 Å². The van der Waals surface area contributed by atoms with Gasteiger partial charge in [0.2, 0.25) is 5.82 Å². The summed E-state index contributed by atoms with van der Waals surface area (Å²) in [7, 11) is 1.69. The lowest BCUT2D eigenvalue weighted by molar-refractivity contribution is 0.0983. The van der Waals surface area contributed by atoms with Crippen LogP contribution in [0, 0.1) is 0 Å². The predicted molar refractivity (Wildman–Crippen MR) is 106 cm³/mol. The summed E-state index contributed by atoms with van der Waals surface area (Å²) in [6.45, 7) is 4.31. The molecule has 0 bridgehead atoms. The minimum Gasteiger partial charge on any atom is -0.309 e. The minimum atomic E-state index is -0.270. The molecule has 0 radical (unpaired) electrons. The molecule has 0 fully saturated rings. The molecule has 1 amide bonds. The van der Waals surface area contributed by atoms with Crippen molar-refractivity contribution < 1.29 is 4.79 Å². The first-order valence-corrected chi connectivity index (χ1v) is 8.80. The fourth-order valence-corrected chi connectivity index (χ4v) is 2.72. The molecule has 2 aromatic carbocycles. The van der Waals surface area contributed by atoms with Gasteiger partial charge in [0.25, 0.3) is 5.91 Å². The van der Waals surface area contributed by atoms with Crippen molar-refractivity contribution in [3.63, 3.8) is 0 Å². The van der Waals surface area contributed by atoms with E-state index in [0.717, 1.165) is 16.9 Å². The number of carbonyl (C=O) groups is 1. The van der Waals surface area contributed by atoms with Crippen LogP contribution < -0.4 is 4.90 Å². The molecule has 0 saturated heterocycles. The fraction of sp³-hybridized carbons (Fsp3) is 0.190. The van der Waals surface area contributed by atoms with Crippen LogP contribution in [0.2, 0.25) is 5.02 Å². The number of hydrogen-bond acceptors (Lipinski definition) is 3. The molecular weight excluding hydrogens is 346 g/mol. The standard InChI is InChI=1S/C21H20ClN3O/c1-14(2)15-4-6-16(7-5-15)19-12-13-23-20(24-19)21(26)25(3)18-10-8-17(22)9-11-18/h4-14H,1-3H3. The highest BCUT2D eigenvalue weighted by atomic mass is 35.5. The van der Waals surface area contributed by atoms with Gasteiger partial charge in [0.15, 0.2) is 0 Å². The van der Waals surface area contributed by atoms with E-state index in [0.29, 0.717) is 10.9 Å². The summed E-state index contributed by atoms with van der Waals surface area (Å²) in [5.74, 6) is 0.362. The zero-order valence-corrected chi connectivity index (χ0v) is 15.7. The Hall–Kier alpha value is -2.72. The van der Waals surface area contributed by atoms with Crippen LogP contribution in [-0.4, -0.2) is 22.9 Å². The lowest BCUT2D eigenvalue weighted by Crippen LogP contribution is -2.28. The number of halogens is 1. The first-order valence-electron chi connectivity index (χ1n) is 8.42. The lowest BCUT2D eigenvalue weighted by atomic mass is 10.0. The van der Waals surface area contributed by atoms with Crippen LogP contribution in [-0.2, 0) is 0 Å². The summed E-state index contributed by atoms with van der Waals surface area (Å²) in [6.07, 6.45) is 1.61. The van der Waals surface area contributed by atoms with Crippen molar-refractivity contribution in [2.75, 3.05) is 11.9 Å². The summed E-state index contributed by atoms with van der Waals surface area (Å²) in [6, 6.07) is 17.1. The molecule has 3 rings (SSSR count). The van der Waals surface area contributed by atoms with Gasteiger partial charge in [-0.2, -0.15) is 0 Å². The Balaban J connectivity index is 1.86. The second-order valence-corrected chi connectivity index (χ2v) is 6.82. The molecule has 0 aliphatic carbocycles. The summed E-state index contributed by atoms with van der Waals surface area (Å²) < 4.78 is 0. The van der Waals surface area contributed by atoms with Crippen LogP contribution in [0.3, 0.4) is 0 Å². The van der Waals surface area contributed by atoms with E-state index in [1.807, 2.05) is 18.2 Å². The van der Waals surface area contributed by atoms with Crippen molar-refractivity contribution >= 4 is 23.2 Å². The number of anilines is 1. The molecule has 0 spiro atoms. The summed E-state index contributed by atoms with van der Waals surface area (Å²) in [4.78, 5) is 22.8. The van der Waals surface area contributed by atoms with Crippen molar-refractivity contribution in [3.8, 4) is 11.3 Å². The van der Waals surface area contributed by atoms with E-state index in [-0.39, 0.29) is 11.7 Å². The van der Waals surface area contributed by atoms with Crippen molar-refractivity contribution in [1.82, 2.24) is 9.97 Å². The molecule has 26 heavy (non-hydrogen) atoms. The number of nitrogens with zero attached hydrogens (tertiary/aromatic N) is 3. The van der Waals surface area contributed by atoms with E-state index in [4.69, 9.17) is 11.6 Å². The Kier molecular flexibility index (Phi) is 5.33. The normalized spacial score (nSPS) is 10.8. The summed E-state index contributed by atoms with van der Waals surface area (Å²) in [5, 5.41) is 0.623. The molecule has 1 aromatic heterocycles. The molecular formula is C21H20ClN3O. The Morgan fingerprint density at radius 3 is 2.27 bits per heavy atom. The summed E-state index contributed by atoms with van der Waals surface area (Å²) >= 11 is 5.90. The Bertz CT molecular complexity index is 905. The molecule has 0 N–H and O–H groups in total. The molecule has 0 aliphatic heterocycles. The fourth-order valence-electron chi connectivity index (χ4n) is 2.59. The third kappa shape index (κ3) is 3.92. The molecule has 4 nitrogen and oxygen atoms in total. The van der Waals surface area contributed by atoms with Gasteiger partial charge >= 0.3 is 0 Å². The van der Waals surface area contributed by atoms with Crippen LogP contribution in [0.4, 0.5) is 5.69 Å². The number of rotatable bonds is 4. The molecule has 0 aliphatic rings. The van der Waals surface area contributed by atoms with E-state index in [1.54, 1.807) is 37.5 Å². The smallest absolute Gasteiger partial charge is 0.295 e. The third-order valence-electron chi connectivity index (χ3n) is 4.24. The Labute approximate surface area is 158 Å². The maximum atomic E-state index is 12.7. The Morgan fingerprint density at radius 2 is 1.65 bits per heavy atom. The van der Waals surface area contributed by atoms with E-state index in [9.17, 15) is 4.79 Å². The zero-order chi connectivity index (χ0) is 18.7. The van der Waals surface area contributed by atoms with E-state index < -0.39 is 0 Å². The molecule has 3 aromatic rings. The largest absolute Gasteiger partial charge is 0.309 e. The average molecular weight is 366 g/mol. The minimum absolute atomic E-state index is 0.160. The Morgan fingerprint density at radius 1 is 1.00 bits per heavy atom. The highest BCUT2D eigenvalue weighted by Crippen LogP contribution is 2.22. The van der Waals surface area contributed by atoms with Crippen molar-refractivity contribution in [2.45, 2.75) is 19.8 Å². The van der Waals surface area contributed by atoms with E-state index in [2.05, 4.69) is 35.9 Å². The van der Waals surface area contributed by atoms with Gasteiger partial charge in [0.05, 0.1) is 5.69 Å². The van der Waals surface area contributed by atoms with Gasteiger partial charge in [0.1, 0.15) is 0 Å². The number of benzene rings is 2. The van der Waals surface area contributed by atoms with Crippen molar-refractivity contribution in [3.05, 3.63) is 77.2 Å². The molecule has 132 valence electrons. The van der Waals surface area contributed by atoms with Gasteiger partial charge in [-0.3, -0.25) is 4.79 Å². The number of carbonyl (C=O) groups excluding carboxylic acids is 1. The zero-order valence-electron chi connectivity index (χ0n) is 15.0. The van der Waals surface area contributed by atoms with Crippen molar-refractivity contribution in [2.24, 2.45) is 0 Å². The van der Waals surface area contributed by atoms with Gasteiger partial charge in [-0.15, -0.1) is 0 Å². The highest BCUT2D eigenvalue weighted by Gasteiger charge is 2.17. The van der Waals surface area contributed by atoms with Gasteiger partial charge in [-0.1, -0.05) is 49.7 Å². The average Bonchev–Trinajstić information content (AvgIpc) is 2.67. The van der Waals surface area contributed by atoms with Crippen LogP contribution in [0.25, 0.3) is 11.3 Å². The summed E-state index contributed by atoms with van der Waals surface area (Å²) in [5.41, 5.74) is 3.68. The number of hydrogen-bond donors (Lipinski definition) is 0. The van der Waals surface area contributed by atoms with Gasteiger partial charge < -0.3 is 4.90 Å². The molecule has 0 unspecified atom stereocenters. The maximum Gasteiger partial charge on any atom is 0.295 e. The molecule has 1 heterocycles. The van der Waals surface area contributed by atoms with E-state index in [1.165, 1.54) is 10.5 Å². The SMILES string of the molecule is CC(C)c1ccc(-c2ccnc(C(=O)N(C)c3ccc(Cl)cc3)n2)cc1. The molecule has 5 heteroatoms.